The molecule has 0 aromatic rings. The monoisotopic (exact) mass is 240 g/mol. The second kappa shape index (κ2) is 11.3. The Labute approximate surface area is 95.8 Å². The average Bonchev–Trinajstić information content (AvgIpc) is 2.27. The number of hydrogen-bond donors (Lipinski definition) is 6. The molecule has 0 fully saturated rings. The van der Waals surface area contributed by atoms with E-state index in [4.69, 9.17) is 30.6 Å². The van der Waals surface area contributed by atoms with Crippen LogP contribution < -0.4 is 0 Å². The largest absolute Gasteiger partial charge is 0.396 e. The zero-order valence-electron chi connectivity index (χ0n) is 9.71. The molecule has 6 heteroatoms. The van der Waals surface area contributed by atoms with E-state index in [1.54, 1.807) is 0 Å². The molecule has 100 valence electrons. The van der Waals surface area contributed by atoms with Gasteiger partial charge in [0, 0.05) is 38.8 Å². The molecule has 0 aliphatic heterocycles. The lowest BCUT2D eigenvalue weighted by Crippen LogP contribution is -2.29. The minimum atomic E-state index is -1.10. The summed E-state index contributed by atoms with van der Waals surface area (Å²) < 4.78 is 0. The molecule has 0 heterocycles. The van der Waals surface area contributed by atoms with Gasteiger partial charge in [0.05, 0.1) is 12.2 Å². The Hall–Kier alpha value is -0.240. The number of aliphatic hydroxyl groups is 6. The van der Waals surface area contributed by atoms with Crippen molar-refractivity contribution >= 4 is 0 Å². The van der Waals surface area contributed by atoms with E-state index in [9.17, 15) is 0 Å². The Balaban J connectivity index is 0. The molecule has 0 saturated heterocycles. The van der Waals surface area contributed by atoms with Gasteiger partial charge < -0.3 is 30.6 Å². The molecular formula is C10H24O6. The maximum atomic E-state index is 8.91. The molecule has 0 radical (unpaired) electrons. The Bertz CT molecular complexity index is 135. The first kappa shape index (κ1) is 18.1. The van der Waals surface area contributed by atoms with E-state index in [1.165, 1.54) is 6.92 Å². The van der Waals surface area contributed by atoms with Crippen molar-refractivity contribution in [1.29, 1.82) is 0 Å². The second-order valence-corrected chi connectivity index (χ2v) is 3.87. The number of hydrogen-bond acceptors (Lipinski definition) is 6. The van der Waals surface area contributed by atoms with Crippen molar-refractivity contribution in [3.8, 4) is 0 Å². The standard InChI is InChI=1S/2C5H12O3/c1-5(8,4-7)2-3-6;6-2-1-5(3-7)4-8/h6-8H,2-4H2,1H3;5-8H,1-4H2. The fraction of sp³-hybridized carbons (Fsp3) is 1.00. The number of aliphatic hydroxyl groups excluding tert-OH is 5. The van der Waals surface area contributed by atoms with E-state index in [0.29, 0.717) is 6.42 Å². The van der Waals surface area contributed by atoms with Crippen LogP contribution in [0.3, 0.4) is 0 Å². The minimum absolute atomic E-state index is 0.0335. The summed E-state index contributed by atoms with van der Waals surface area (Å²) >= 11 is 0. The molecule has 0 aliphatic carbocycles. The molecule has 6 N–H and O–H groups in total. The molecule has 0 bridgehead atoms. The van der Waals surface area contributed by atoms with Crippen LogP contribution in [0.2, 0.25) is 0 Å². The Morgan fingerprint density at radius 3 is 1.56 bits per heavy atom. The fourth-order valence-electron chi connectivity index (χ4n) is 0.743. The average molecular weight is 240 g/mol. The highest BCUT2D eigenvalue weighted by Gasteiger charge is 2.16. The summed E-state index contributed by atoms with van der Waals surface area (Å²) in [5, 5.41) is 50.6. The lowest BCUT2D eigenvalue weighted by atomic mass is 10.1. The van der Waals surface area contributed by atoms with E-state index >= 15 is 0 Å². The molecule has 6 nitrogen and oxygen atoms in total. The van der Waals surface area contributed by atoms with E-state index in [1.807, 2.05) is 0 Å². The maximum absolute atomic E-state index is 8.91. The van der Waals surface area contributed by atoms with Gasteiger partial charge >= 0.3 is 0 Å². The summed E-state index contributed by atoms with van der Waals surface area (Å²) in [5.41, 5.74) is -1.10. The SMILES string of the molecule is CC(O)(CO)CCO.OCCC(CO)CO. The highest BCUT2D eigenvalue weighted by atomic mass is 16.3. The van der Waals surface area contributed by atoms with Crippen molar-refractivity contribution in [1.82, 2.24) is 0 Å². The van der Waals surface area contributed by atoms with Gasteiger partial charge in [-0.2, -0.15) is 0 Å². The minimum Gasteiger partial charge on any atom is -0.396 e. The molecule has 0 amide bonds. The van der Waals surface area contributed by atoms with Gasteiger partial charge in [-0.05, 0) is 13.3 Å². The summed E-state index contributed by atoms with van der Waals surface area (Å²) in [7, 11) is 0. The summed E-state index contributed by atoms with van der Waals surface area (Å²) in [4.78, 5) is 0. The van der Waals surface area contributed by atoms with Crippen molar-refractivity contribution in [3.05, 3.63) is 0 Å². The number of rotatable bonds is 7. The normalized spacial score (nSPS) is 14.2. The quantitative estimate of drug-likeness (QED) is 0.308. The van der Waals surface area contributed by atoms with Crippen LogP contribution in [0.25, 0.3) is 0 Å². The summed E-state index contributed by atoms with van der Waals surface area (Å²) in [5.74, 6) is -0.139. The Kier molecular flexibility index (Phi) is 12.8. The predicted molar refractivity (Wildman–Crippen MR) is 58.8 cm³/mol. The van der Waals surface area contributed by atoms with Crippen LogP contribution in [0.1, 0.15) is 19.8 Å². The Morgan fingerprint density at radius 1 is 0.938 bits per heavy atom. The molecule has 0 aromatic carbocycles. The van der Waals surface area contributed by atoms with E-state index < -0.39 is 5.60 Å². The smallest absolute Gasteiger partial charge is 0.0871 e. The lowest BCUT2D eigenvalue weighted by Gasteiger charge is -2.17. The van der Waals surface area contributed by atoms with Crippen LogP contribution >= 0.6 is 0 Å². The zero-order valence-corrected chi connectivity index (χ0v) is 9.71. The van der Waals surface area contributed by atoms with Gasteiger partial charge in [-0.3, -0.25) is 0 Å². The molecule has 0 rings (SSSR count). The zero-order chi connectivity index (χ0) is 13.0. The van der Waals surface area contributed by atoms with Gasteiger partial charge in [0.15, 0.2) is 0 Å². The Morgan fingerprint density at radius 2 is 1.44 bits per heavy atom. The van der Waals surface area contributed by atoms with E-state index in [0.717, 1.165) is 0 Å². The first-order valence-corrected chi connectivity index (χ1v) is 5.24. The molecule has 0 spiro atoms. The van der Waals surface area contributed by atoms with Gasteiger partial charge in [-0.15, -0.1) is 0 Å². The highest BCUT2D eigenvalue weighted by molar-refractivity contribution is 4.68. The van der Waals surface area contributed by atoms with Crippen molar-refractivity contribution in [2.45, 2.75) is 25.4 Å². The summed E-state index contributed by atoms with van der Waals surface area (Å²) in [6.45, 7) is 1.03. The van der Waals surface area contributed by atoms with Crippen LogP contribution in [-0.2, 0) is 0 Å². The van der Waals surface area contributed by atoms with Crippen LogP contribution in [-0.4, -0.2) is 69.3 Å². The summed E-state index contributed by atoms with van der Waals surface area (Å²) in [6.07, 6.45) is 0.705. The fourth-order valence-corrected chi connectivity index (χ4v) is 0.743. The maximum Gasteiger partial charge on any atom is 0.0871 e. The third-order valence-corrected chi connectivity index (χ3v) is 2.04. The first-order chi connectivity index (χ1) is 7.47. The first-order valence-electron chi connectivity index (χ1n) is 5.24. The lowest BCUT2D eigenvalue weighted by molar-refractivity contribution is -0.0162. The van der Waals surface area contributed by atoms with Gasteiger partial charge in [0.25, 0.3) is 0 Å². The van der Waals surface area contributed by atoms with Gasteiger partial charge in [0.2, 0.25) is 0 Å². The van der Waals surface area contributed by atoms with Crippen LogP contribution in [0.5, 0.6) is 0 Å². The molecule has 1 unspecified atom stereocenters. The van der Waals surface area contributed by atoms with Crippen molar-refractivity contribution in [2.75, 3.05) is 33.0 Å². The van der Waals surface area contributed by atoms with Crippen LogP contribution in [0, 0.1) is 5.92 Å². The third-order valence-electron chi connectivity index (χ3n) is 2.04. The molecule has 0 aliphatic rings. The highest BCUT2D eigenvalue weighted by Crippen LogP contribution is 2.05. The van der Waals surface area contributed by atoms with Crippen molar-refractivity contribution in [2.24, 2.45) is 5.92 Å². The van der Waals surface area contributed by atoms with E-state index in [2.05, 4.69) is 0 Å². The van der Waals surface area contributed by atoms with Crippen LogP contribution in [0.15, 0.2) is 0 Å². The molecular weight excluding hydrogens is 216 g/mol. The van der Waals surface area contributed by atoms with Gasteiger partial charge in [-0.1, -0.05) is 0 Å². The molecule has 0 aromatic heterocycles. The summed E-state index contributed by atoms with van der Waals surface area (Å²) in [6, 6.07) is 0. The molecule has 1 atom stereocenters. The topological polar surface area (TPSA) is 121 Å². The van der Waals surface area contributed by atoms with Gasteiger partial charge in [-0.25, -0.2) is 0 Å². The molecule has 16 heavy (non-hydrogen) atoms. The predicted octanol–water partition coefficient (Wildman–Crippen LogP) is -1.92. The van der Waals surface area contributed by atoms with E-state index in [-0.39, 0.29) is 45.4 Å². The van der Waals surface area contributed by atoms with Crippen molar-refractivity contribution in [3.63, 3.8) is 0 Å². The molecule has 0 saturated carbocycles. The van der Waals surface area contributed by atoms with Crippen molar-refractivity contribution < 1.29 is 30.6 Å². The van der Waals surface area contributed by atoms with Gasteiger partial charge in [0.1, 0.15) is 0 Å². The third kappa shape index (κ3) is 11.8. The van der Waals surface area contributed by atoms with Crippen LogP contribution in [0.4, 0.5) is 0 Å². The second-order valence-electron chi connectivity index (χ2n) is 3.87.